The zero-order valence-electron chi connectivity index (χ0n) is 10.3. The number of rotatable bonds is 2. The molecule has 1 heterocycles. The topological polar surface area (TPSA) is 68.9 Å². The molecular weight excluding hydrogens is 238 g/mol. The second kappa shape index (κ2) is 4.62. The van der Waals surface area contributed by atoms with Crippen LogP contribution >= 0.6 is 0 Å². The molecule has 0 saturated heterocycles. The van der Waals surface area contributed by atoms with Gasteiger partial charge >= 0.3 is 0 Å². The number of aromatic nitrogens is 1. The SMILES string of the molecule is N#Cc1cccc(NC2CCc3c(O)cccc32)n1. The van der Waals surface area contributed by atoms with Crippen molar-refractivity contribution >= 4 is 5.82 Å². The van der Waals surface area contributed by atoms with Crippen molar-refractivity contribution in [2.75, 3.05) is 5.32 Å². The van der Waals surface area contributed by atoms with Gasteiger partial charge in [0.25, 0.3) is 0 Å². The van der Waals surface area contributed by atoms with E-state index >= 15 is 0 Å². The van der Waals surface area contributed by atoms with Crippen molar-refractivity contribution in [3.63, 3.8) is 0 Å². The first-order chi connectivity index (χ1) is 9.28. The van der Waals surface area contributed by atoms with Crippen LogP contribution in [0.2, 0.25) is 0 Å². The monoisotopic (exact) mass is 251 g/mol. The van der Waals surface area contributed by atoms with E-state index in [4.69, 9.17) is 5.26 Å². The van der Waals surface area contributed by atoms with Crippen molar-refractivity contribution in [3.05, 3.63) is 53.2 Å². The first-order valence-electron chi connectivity index (χ1n) is 6.22. The number of nitrogens with zero attached hydrogens (tertiary/aromatic N) is 2. The Morgan fingerprint density at radius 1 is 1.26 bits per heavy atom. The minimum absolute atomic E-state index is 0.142. The van der Waals surface area contributed by atoms with Crippen molar-refractivity contribution in [3.8, 4) is 11.8 Å². The number of fused-ring (bicyclic) bond motifs is 1. The summed E-state index contributed by atoms with van der Waals surface area (Å²) in [5.74, 6) is 1.06. The molecule has 2 N–H and O–H groups in total. The number of anilines is 1. The average molecular weight is 251 g/mol. The van der Waals surface area contributed by atoms with Gasteiger partial charge in [-0.15, -0.1) is 0 Å². The van der Waals surface area contributed by atoms with Crippen molar-refractivity contribution < 1.29 is 5.11 Å². The number of pyridine rings is 1. The lowest BCUT2D eigenvalue weighted by Crippen LogP contribution is -2.08. The summed E-state index contributed by atoms with van der Waals surface area (Å²) < 4.78 is 0. The lowest BCUT2D eigenvalue weighted by atomic mass is 10.1. The van der Waals surface area contributed by atoms with Gasteiger partial charge in [0, 0.05) is 0 Å². The fraction of sp³-hybridized carbons (Fsp3) is 0.200. The standard InChI is InChI=1S/C15H13N3O/c16-9-10-3-1-6-15(17-10)18-13-8-7-12-11(13)4-2-5-14(12)19/h1-6,13,19H,7-8H2,(H,17,18). The van der Waals surface area contributed by atoms with E-state index in [1.807, 2.05) is 30.3 Å². The zero-order chi connectivity index (χ0) is 13.2. The van der Waals surface area contributed by atoms with E-state index in [1.54, 1.807) is 12.1 Å². The minimum atomic E-state index is 0.142. The van der Waals surface area contributed by atoms with E-state index in [1.165, 1.54) is 0 Å². The van der Waals surface area contributed by atoms with Gasteiger partial charge in [0.15, 0.2) is 0 Å². The van der Waals surface area contributed by atoms with Gasteiger partial charge in [-0.05, 0) is 42.2 Å². The number of nitrogens with one attached hydrogen (secondary N) is 1. The first kappa shape index (κ1) is 11.5. The molecule has 0 radical (unpaired) electrons. The molecule has 94 valence electrons. The first-order valence-corrected chi connectivity index (χ1v) is 6.22. The molecule has 1 aliphatic carbocycles. The summed E-state index contributed by atoms with van der Waals surface area (Å²) in [6.07, 6.45) is 1.78. The predicted octanol–water partition coefficient (Wildman–Crippen LogP) is 2.76. The van der Waals surface area contributed by atoms with E-state index in [0.717, 1.165) is 24.0 Å². The Morgan fingerprint density at radius 3 is 2.95 bits per heavy atom. The van der Waals surface area contributed by atoms with Crippen molar-refractivity contribution in [2.24, 2.45) is 0 Å². The molecule has 1 aromatic carbocycles. The van der Waals surface area contributed by atoms with Crippen LogP contribution in [0.4, 0.5) is 5.82 Å². The molecule has 0 fully saturated rings. The van der Waals surface area contributed by atoms with Crippen LogP contribution in [0.3, 0.4) is 0 Å². The molecule has 19 heavy (non-hydrogen) atoms. The molecule has 4 heteroatoms. The van der Waals surface area contributed by atoms with Crippen molar-refractivity contribution in [1.29, 1.82) is 5.26 Å². The molecule has 1 aromatic heterocycles. The number of nitriles is 1. The Bertz CT molecular complexity index is 661. The molecule has 0 spiro atoms. The third kappa shape index (κ3) is 2.11. The number of aromatic hydroxyl groups is 1. The Hall–Kier alpha value is -2.54. The van der Waals surface area contributed by atoms with Gasteiger partial charge < -0.3 is 10.4 Å². The maximum atomic E-state index is 9.81. The summed E-state index contributed by atoms with van der Waals surface area (Å²) in [6, 6.07) is 13.1. The summed E-state index contributed by atoms with van der Waals surface area (Å²) in [5, 5.41) is 22.0. The molecular formula is C15H13N3O. The summed E-state index contributed by atoms with van der Waals surface area (Å²) in [6.45, 7) is 0. The highest BCUT2D eigenvalue weighted by atomic mass is 16.3. The molecule has 0 amide bonds. The van der Waals surface area contributed by atoms with Crippen LogP contribution in [-0.2, 0) is 6.42 Å². The summed E-state index contributed by atoms with van der Waals surface area (Å²) >= 11 is 0. The van der Waals surface area contributed by atoms with Crippen molar-refractivity contribution in [2.45, 2.75) is 18.9 Å². The lowest BCUT2D eigenvalue weighted by molar-refractivity contribution is 0.469. The summed E-state index contributed by atoms with van der Waals surface area (Å²) in [5.41, 5.74) is 2.53. The fourth-order valence-corrected chi connectivity index (χ4v) is 2.54. The molecule has 0 aliphatic heterocycles. The second-order valence-corrected chi connectivity index (χ2v) is 4.60. The molecule has 1 unspecified atom stereocenters. The van der Waals surface area contributed by atoms with E-state index in [2.05, 4.69) is 10.3 Å². The number of hydrogen-bond donors (Lipinski definition) is 2. The van der Waals surface area contributed by atoms with E-state index in [0.29, 0.717) is 17.3 Å². The molecule has 0 saturated carbocycles. The van der Waals surface area contributed by atoms with Gasteiger partial charge in [-0.3, -0.25) is 0 Å². The Balaban J connectivity index is 1.87. The van der Waals surface area contributed by atoms with Crippen LogP contribution < -0.4 is 5.32 Å². The smallest absolute Gasteiger partial charge is 0.142 e. The number of phenols is 1. The maximum Gasteiger partial charge on any atom is 0.142 e. The van der Waals surface area contributed by atoms with E-state index in [9.17, 15) is 5.11 Å². The zero-order valence-corrected chi connectivity index (χ0v) is 10.3. The van der Waals surface area contributed by atoms with Crippen LogP contribution in [-0.4, -0.2) is 10.1 Å². The molecule has 3 rings (SSSR count). The molecule has 2 aromatic rings. The van der Waals surface area contributed by atoms with E-state index < -0.39 is 0 Å². The second-order valence-electron chi connectivity index (χ2n) is 4.60. The summed E-state index contributed by atoms with van der Waals surface area (Å²) in [4.78, 5) is 4.22. The third-order valence-corrected chi connectivity index (χ3v) is 3.43. The highest BCUT2D eigenvalue weighted by Crippen LogP contribution is 2.37. The maximum absolute atomic E-state index is 9.81. The normalized spacial score (nSPS) is 16.7. The largest absolute Gasteiger partial charge is 0.508 e. The Labute approximate surface area is 111 Å². The van der Waals surface area contributed by atoms with Crippen LogP contribution in [0.25, 0.3) is 0 Å². The summed E-state index contributed by atoms with van der Waals surface area (Å²) in [7, 11) is 0. The Morgan fingerprint density at radius 2 is 2.11 bits per heavy atom. The van der Waals surface area contributed by atoms with Gasteiger partial charge in [0.1, 0.15) is 23.3 Å². The number of benzene rings is 1. The lowest BCUT2D eigenvalue weighted by Gasteiger charge is -2.14. The quantitative estimate of drug-likeness (QED) is 0.861. The third-order valence-electron chi connectivity index (χ3n) is 3.43. The van der Waals surface area contributed by atoms with Gasteiger partial charge in [0.05, 0.1) is 6.04 Å². The predicted molar refractivity (Wildman–Crippen MR) is 71.7 cm³/mol. The molecule has 0 bridgehead atoms. The Kier molecular flexibility index (Phi) is 2.81. The molecule has 4 nitrogen and oxygen atoms in total. The van der Waals surface area contributed by atoms with Crippen LogP contribution in [0.15, 0.2) is 36.4 Å². The van der Waals surface area contributed by atoms with Crippen LogP contribution in [0.1, 0.15) is 29.3 Å². The van der Waals surface area contributed by atoms with Crippen LogP contribution in [0.5, 0.6) is 5.75 Å². The van der Waals surface area contributed by atoms with Gasteiger partial charge in [0.2, 0.25) is 0 Å². The van der Waals surface area contributed by atoms with Gasteiger partial charge in [-0.1, -0.05) is 18.2 Å². The van der Waals surface area contributed by atoms with Crippen molar-refractivity contribution in [1.82, 2.24) is 4.98 Å². The number of phenolic OH excluding ortho intramolecular Hbond substituents is 1. The van der Waals surface area contributed by atoms with Gasteiger partial charge in [-0.25, -0.2) is 4.98 Å². The van der Waals surface area contributed by atoms with Crippen LogP contribution in [0, 0.1) is 11.3 Å². The van der Waals surface area contributed by atoms with E-state index in [-0.39, 0.29) is 6.04 Å². The fourth-order valence-electron chi connectivity index (χ4n) is 2.54. The minimum Gasteiger partial charge on any atom is -0.508 e. The molecule has 1 atom stereocenters. The number of hydrogen-bond acceptors (Lipinski definition) is 4. The molecule has 1 aliphatic rings. The highest BCUT2D eigenvalue weighted by molar-refractivity contribution is 5.49. The van der Waals surface area contributed by atoms with Gasteiger partial charge in [-0.2, -0.15) is 5.26 Å². The highest BCUT2D eigenvalue weighted by Gasteiger charge is 2.24. The average Bonchev–Trinajstić information content (AvgIpc) is 2.84.